The van der Waals surface area contributed by atoms with Gasteiger partial charge < -0.3 is 15.2 Å². The van der Waals surface area contributed by atoms with Crippen molar-refractivity contribution in [1.82, 2.24) is 5.32 Å². The molecule has 2 N–H and O–H groups in total. The van der Waals surface area contributed by atoms with Crippen LogP contribution in [0.2, 0.25) is 0 Å². The van der Waals surface area contributed by atoms with E-state index in [-0.39, 0.29) is 29.6 Å². The van der Waals surface area contributed by atoms with Gasteiger partial charge in [0.2, 0.25) is 0 Å². The van der Waals surface area contributed by atoms with Crippen molar-refractivity contribution in [2.24, 2.45) is 11.8 Å². The minimum absolute atomic E-state index is 0.0254. The van der Waals surface area contributed by atoms with Gasteiger partial charge in [0.05, 0.1) is 23.7 Å². The van der Waals surface area contributed by atoms with Crippen LogP contribution < -0.4 is 14.4 Å². The molecule has 4 aliphatic rings. The number of methoxy groups -OCH3 is 1. The fraction of sp³-hybridized carbons (Fsp3) is 0.594. The molecule has 3 aliphatic carbocycles. The standard InChI is InChI=1S/C32H39F3N2O5S/c1-42-24-8-5-9-25(19-24)43(40,41)37-27-13-12-23(29(38)36-20-21-6-3-2-4-7-21)18-26(27)30(28(37)22-10-11-22)14-16-31(39,17-15-30)32(33,34)35/h5,8-9,12-13,18-19,21-22,28,39H,2-4,6-7,10-11,14-17,20H2,1H3,(H,36,38). The number of benzene rings is 2. The van der Waals surface area contributed by atoms with Crippen molar-refractivity contribution in [3.63, 3.8) is 0 Å². The van der Waals surface area contributed by atoms with Crippen LogP contribution in [0.4, 0.5) is 18.9 Å². The van der Waals surface area contributed by atoms with Gasteiger partial charge in [-0.05, 0) is 99.1 Å². The molecule has 3 saturated carbocycles. The lowest BCUT2D eigenvalue weighted by molar-refractivity contribution is -0.273. The fourth-order valence-corrected chi connectivity index (χ4v) is 9.53. The van der Waals surface area contributed by atoms with Gasteiger partial charge in [-0.25, -0.2) is 8.42 Å². The summed E-state index contributed by atoms with van der Waals surface area (Å²) in [6.07, 6.45) is 1.17. The Morgan fingerprint density at radius 2 is 1.72 bits per heavy atom. The molecule has 1 atom stereocenters. The first kappa shape index (κ1) is 30.2. The van der Waals surface area contributed by atoms with Crippen LogP contribution in [0.25, 0.3) is 0 Å². The first-order valence-corrected chi connectivity index (χ1v) is 16.7. The molecule has 43 heavy (non-hydrogen) atoms. The van der Waals surface area contributed by atoms with E-state index >= 15 is 0 Å². The van der Waals surface area contributed by atoms with Gasteiger partial charge in [0, 0.05) is 23.6 Å². The fourth-order valence-electron chi connectivity index (χ4n) is 7.70. The number of rotatable bonds is 7. The summed E-state index contributed by atoms with van der Waals surface area (Å²) in [5.41, 5.74) is -2.48. The van der Waals surface area contributed by atoms with Crippen LogP contribution in [0.1, 0.15) is 86.6 Å². The van der Waals surface area contributed by atoms with Gasteiger partial charge in [0.15, 0.2) is 5.60 Å². The number of halogens is 3. The molecule has 7 nitrogen and oxygen atoms in total. The second-order valence-electron chi connectivity index (χ2n) is 12.9. The number of alkyl halides is 3. The summed E-state index contributed by atoms with van der Waals surface area (Å²) >= 11 is 0. The summed E-state index contributed by atoms with van der Waals surface area (Å²) in [6, 6.07) is 10.5. The van der Waals surface area contributed by atoms with Gasteiger partial charge in [-0.1, -0.05) is 25.3 Å². The van der Waals surface area contributed by atoms with E-state index in [0.29, 0.717) is 35.0 Å². The van der Waals surface area contributed by atoms with Crippen molar-refractivity contribution in [3.8, 4) is 5.75 Å². The van der Waals surface area contributed by atoms with Crippen molar-refractivity contribution in [2.75, 3.05) is 18.0 Å². The number of carbonyl (C=O) groups is 1. The lowest BCUT2D eigenvalue weighted by Gasteiger charge is -2.47. The Hall–Kier alpha value is -2.79. The predicted octanol–water partition coefficient (Wildman–Crippen LogP) is 6.10. The number of hydrogen-bond acceptors (Lipinski definition) is 5. The molecule has 1 spiro atoms. The molecule has 11 heteroatoms. The Balaban J connectivity index is 1.42. The van der Waals surface area contributed by atoms with Crippen molar-refractivity contribution >= 4 is 21.6 Å². The number of fused-ring (bicyclic) bond motifs is 2. The van der Waals surface area contributed by atoms with Gasteiger partial charge in [-0.15, -0.1) is 0 Å². The highest BCUT2D eigenvalue weighted by molar-refractivity contribution is 7.93. The van der Waals surface area contributed by atoms with Gasteiger partial charge in [0.25, 0.3) is 15.9 Å². The minimum atomic E-state index is -4.79. The monoisotopic (exact) mass is 620 g/mol. The van der Waals surface area contributed by atoms with Crippen molar-refractivity contribution in [2.45, 2.75) is 98.8 Å². The first-order chi connectivity index (χ1) is 20.4. The average molecular weight is 621 g/mol. The smallest absolute Gasteiger partial charge is 0.417 e. The topological polar surface area (TPSA) is 95.9 Å². The van der Waals surface area contributed by atoms with Crippen LogP contribution in [0.3, 0.4) is 0 Å². The van der Waals surface area contributed by atoms with Crippen LogP contribution in [-0.2, 0) is 15.4 Å². The third-order valence-electron chi connectivity index (χ3n) is 10.3. The number of nitrogens with zero attached hydrogens (tertiary/aromatic N) is 1. The van der Waals surface area contributed by atoms with Crippen LogP contribution in [0, 0.1) is 11.8 Å². The zero-order valence-electron chi connectivity index (χ0n) is 24.3. The van der Waals surface area contributed by atoms with E-state index in [9.17, 15) is 31.5 Å². The van der Waals surface area contributed by atoms with Gasteiger partial charge in [-0.3, -0.25) is 9.10 Å². The normalized spacial score (nSPS) is 28.1. The summed E-state index contributed by atoms with van der Waals surface area (Å²) in [4.78, 5) is 13.4. The number of anilines is 1. The lowest BCUT2D eigenvalue weighted by atomic mass is 9.61. The minimum Gasteiger partial charge on any atom is -0.497 e. The van der Waals surface area contributed by atoms with Crippen molar-refractivity contribution in [1.29, 1.82) is 0 Å². The molecule has 2 aromatic rings. The summed E-state index contributed by atoms with van der Waals surface area (Å²) in [5, 5.41) is 13.6. The number of hydrogen-bond donors (Lipinski definition) is 2. The maximum Gasteiger partial charge on any atom is 0.417 e. The molecule has 0 bridgehead atoms. The van der Waals surface area contributed by atoms with E-state index in [1.807, 2.05) is 0 Å². The molecule has 2 aromatic carbocycles. The average Bonchev–Trinajstić information content (AvgIpc) is 3.80. The van der Waals surface area contributed by atoms with Gasteiger partial charge in [-0.2, -0.15) is 13.2 Å². The molecule has 6 rings (SSSR count). The highest BCUT2D eigenvalue weighted by Crippen LogP contribution is 2.62. The Bertz CT molecular complexity index is 1480. The molecule has 1 amide bonds. The molecule has 1 aliphatic heterocycles. The molecule has 234 valence electrons. The number of aliphatic hydroxyl groups is 1. The van der Waals surface area contributed by atoms with E-state index in [4.69, 9.17) is 4.74 Å². The van der Waals surface area contributed by atoms with E-state index in [1.54, 1.807) is 30.3 Å². The zero-order chi connectivity index (χ0) is 30.6. The molecule has 0 radical (unpaired) electrons. The number of carbonyl (C=O) groups excluding carboxylic acids is 1. The number of sulfonamides is 1. The quantitative estimate of drug-likeness (QED) is 0.390. The highest BCUT2D eigenvalue weighted by Gasteiger charge is 2.65. The first-order valence-electron chi connectivity index (χ1n) is 15.3. The van der Waals surface area contributed by atoms with Crippen LogP contribution in [0.15, 0.2) is 47.4 Å². The molecule has 0 aromatic heterocycles. The highest BCUT2D eigenvalue weighted by atomic mass is 32.2. The molecule has 3 fully saturated rings. The molecule has 1 heterocycles. The van der Waals surface area contributed by atoms with Gasteiger partial charge in [0.1, 0.15) is 5.75 Å². The van der Waals surface area contributed by atoms with Gasteiger partial charge >= 0.3 is 6.18 Å². The predicted molar refractivity (Wildman–Crippen MR) is 156 cm³/mol. The summed E-state index contributed by atoms with van der Waals surface area (Å²) < 4.78 is 77.2. The third-order valence-corrected chi connectivity index (χ3v) is 12.1. The van der Waals surface area contributed by atoms with E-state index < -0.39 is 46.1 Å². The van der Waals surface area contributed by atoms with Crippen LogP contribution in [-0.4, -0.2) is 50.9 Å². The van der Waals surface area contributed by atoms with E-state index in [2.05, 4.69) is 5.32 Å². The molecular formula is C32H39F3N2O5S. The third kappa shape index (κ3) is 5.30. The molecule has 0 saturated heterocycles. The van der Waals surface area contributed by atoms with Crippen LogP contribution in [0.5, 0.6) is 5.75 Å². The van der Waals surface area contributed by atoms with Crippen LogP contribution >= 0.6 is 0 Å². The Morgan fingerprint density at radius 3 is 2.35 bits per heavy atom. The Kier molecular flexibility index (Phi) is 7.72. The lowest BCUT2D eigenvalue weighted by Crippen LogP contribution is -2.56. The zero-order valence-corrected chi connectivity index (χ0v) is 25.1. The maximum atomic E-state index is 14.4. The Morgan fingerprint density at radius 1 is 1.02 bits per heavy atom. The van der Waals surface area contributed by atoms with Crippen molar-refractivity contribution < 1.29 is 36.2 Å². The SMILES string of the molecule is COc1cccc(S(=O)(=O)N2c3ccc(C(=O)NCC4CCCCC4)cc3C3(CCC(O)(C(F)(F)F)CC3)C2C2CC2)c1. The largest absolute Gasteiger partial charge is 0.497 e. The number of nitrogens with one attached hydrogen (secondary N) is 1. The number of amides is 1. The van der Waals surface area contributed by atoms with E-state index in [0.717, 1.165) is 38.5 Å². The summed E-state index contributed by atoms with van der Waals surface area (Å²) in [5.74, 6) is 0.465. The maximum absolute atomic E-state index is 14.4. The summed E-state index contributed by atoms with van der Waals surface area (Å²) in [7, 11) is -2.71. The second-order valence-corrected chi connectivity index (χ2v) is 14.7. The van der Waals surface area contributed by atoms with Crippen molar-refractivity contribution in [3.05, 3.63) is 53.6 Å². The Labute approximate surface area is 250 Å². The number of ether oxygens (including phenoxy) is 1. The molecular weight excluding hydrogens is 581 g/mol. The summed E-state index contributed by atoms with van der Waals surface area (Å²) in [6.45, 7) is 0.556. The molecule has 1 unspecified atom stereocenters. The second kappa shape index (κ2) is 11.0. The van der Waals surface area contributed by atoms with E-state index in [1.165, 1.54) is 30.0 Å².